The fourth-order valence-corrected chi connectivity index (χ4v) is 2.94. The van der Waals surface area contributed by atoms with Gasteiger partial charge in [-0.25, -0.2) is 0 Å². The number of carbonyl (C=O) groups is 1. The van der Waals surface area contributed by atoms with E-state index in [1.807, 2.05) is 0 Å². The summed E-state index contributed by atoms with van der Waals surface area (Å²) in [6, 6.07) is 8.73. The lowest BCUT2D eigenvalue weighted by molar-refractivity contribution is -0.138. The maximum Gasteiger partial charge on any atom is 0.305 e. The molecule has 1 aromatic carbocycles. The number of carboxylic acid groups (broad SMARTS) is 1. The summed E-state index contributed by atoms with van der Waals surface area (Å²) in [4.78, 5) is 14.2. The molecule has 0 bridgehead atoms. The molecule has 21 heavy (non-hydrogen) atoms. The SMILES string of the molecule is CSc1ccc(CN2CCC(OCCC(=O)O)CC2)cc1. The summed E-state index contributed by atoms with van der Waals surface area (Å²) in [6.07, 6.45) is 4.39. The number of likely N-dealkylation sites (tertiary alicyclic amines) is 1. The van der Waals surface area contributed by atoms with Crippen LogP contribution in [0, 0.1) is 0 Å². The Hall–Kier alpha value is -1.04. The quantitative estimate of drug-likeness (QED) is 0.785. The van der Waals surface area contributed by atoms with Crippen LogP contribution in [-0.4, -0.2) is 48.0 Å². The van der Waals surface area contributed by atoms with Crippen LogP contribution in [0.1, 0.15) is 24.8 Å². The van der Waals surface area contributed by atoms with E-state index in [1.165, 1.54) is 10.5 Å². The molecule has 1 heterocycles. The molecule has 0 spiro atoms. The standard InChI is InChI=1S/C16H23NO3S/c1-21-15-4-2-13(3-5-15)12-17-9-6-14(7-10-17)20-11-8-16(18)19/h2-5,14H,6-12H2,1H3,(H,18,19). The largest absolute Gasteiger partial charge is 0.481 e. The van der Waals surface area contributed by atoms with Crippen molar-refractivity contribution in [2.45, 2.75) is 36.8 Å². The highest BCUT2D eigenvalue weighted by Crippen LogP contribution is 2.19. The molecule has 1 aliphatic heterocycles. The van der Waals surface area contributed by atoms with Gasteiger partial charge in [0.25, 0.3) is 0 Å². The number of hydrogen-bond acceptors (Lipinski definition) is 4. The predicted octanol–water partition coefficient (Wildman–Crippen LogP) is 2.86. The van der Waals surface area contributed by atoms with Crippen molar-refractivity contribution in [2.24, 2.45) is 0 Å². The van der Waals surface area contributed by atoms with Crippen LogP contribution in [0.3, 0.4) is 0 Å². The molecule has 1 fully saturated rings. The number of rotatable bonds is 7. The van der Waals surface area contributed by atoms with Crippen LogP contribution in [0.2, 0.25) is 0 Å². The van der Waals surface area contributed by atoms with E-state index in [0.717, 1.165) is 32.5 Å². The zero-order valence-electron chi connectivity index (χ0n) is 12.5. The smallest absolute Gasteiger partial charge is 0.305 e. The second-order valence-corrected chi connectivity index (χ2v) is 6.22. The van der Waals surface area contributed by atoms with Gasteiger partial charge >= 0.3 is 5.97 Å². The lowest BCUT2D eigenvalue weighted by atomic mass is 10.1. The Morgan fingerprint density at radius 3 is 2.57 bits per heavy atom. The van der Waals surface area contributed by atoms with Gasteiger partial charge in [0, 0.05) is 24.5 Å². The van der Waals surface area contributed by atoms with Crippen LogP contribution >= 0.6 is 11.8 Å². The van der Waals surface area contributed by atoms with Crippen molar-refractivity contribution in [3.05, 3.63) is 29.8 Å². The first-order valence-corrected chi connectivity index (χ1v) is 8.58. The normalized spacial score (nSPS) is 17.0. The molecule has 0 atom stereocenters. The number of thioether (sulfide) groups is 1. The van der Waals surface area contributed by atoms with Crippen molar-refractivity contribution in [3.8, 4) is 0 Å². The third kappa shape index (κ3) is 5.69. The molecule has 2 rings (SSSR count). The third-order valence-electron chi connectivity index (χ3n) is 3.77. The maximum atomic E-state index is 10.5. The molecule has 1 saturated heterocycles. The molecule has 0 saturated carbocycles. The molecule has 1 N–H and O–H groups in total. The number of piperidine rings is 1. The molecule has 5 heteroatoms. The number of aliphatic carboxylic acids is 1. The molecule has 1 aliphatic rings. The average molecular weight is 309 g/mol. The van der Waals surface area contributed by atoms with Crippen LogP contribution in [-0.2, 0) is 16.1 Å². The van der Waals surface area contributed by atoms with Gasteiger partial charge in [-0.3, -0.25) is 9.69 Å². The van der Waals surface area contributed by atoms with Crippen molar-refractivity contribution < 1.29 is 14.6 Å². The first-order chi connectivity index (χ1) is 10.2. The zero-order valence-corrected chi connectivity index (χ0v) is 13.3. The lowest BCUT2D eigenvalue weighted by Crippen LogP contribution is -2.36. The first-order valence-electron chi connectivity index (χ1n) is 7.36. The van der Waals surface area contributed by atoms with Gasteiger partial charge in [0.1, 0.15) is 0 Å². The fourth-order valence-electron chi connectivity index (χ4n) is 2.54. The Balaban J connectivity index is 1.69. The lowest BCUT2D eigenvalue weighted by Gasteiger charge is -2.31. The molecular weight excluding hydrogens is 286 g/mol. The Morgan fingerprint density at radius 1 is 1.33 bits per heavy atom. The van der Waals surface area contributed by atoms with Gasteiger partial charge in [0.05, 0.1) is 19.1 Å². The average Bonchev–Trinajstić information content (AvgIpc) is 2.49. The summed E-state index contributed by atoms with van der Waals surface area (Å²) in [5, 5.41) is 8.60. The zero-order chi connectivity index (χ0) is 15.1. The first kappa shape index (κ1) is 16.3. The molecule has 0 unspecified atom stereocenters. The van der Waals surface area contributed by atoms with E-state index < -0.39 is 5.97 Å². The second kappa shape index (κ2) is 8.41. The van der Waals surface area contributed by atoms with Gasteiger partial charge in [-0.2, -0.15) is 0 Å². The summed E-state index contributed by atoms with van der Waals surface area (Å²) in [6.45, 7) is 3.34. The topological polar surface area (TPSA) is 49.8 Å². The Morgan fingerprint density at radius 2 is 2.00 bits per heavy atom. The van der Waals surface area contributed by atoms with Crippen LogP contribution < -0.4 is 0 Å². The van der Waals surface area contributed by atoms with Crippen LogP contribution in [0.5, 0.6) is 0 Å². The van der Waals surface area contributed by atoms with E-state index in [-0.39, 0.29) is 12.5 Å². The molecule has 0 aromatic heterocycles. The van der Waals surface area contributed by atoms with E-state index in [1.54, 1.807) is 11.8 Å². The number of carboxylic acids is 1. The minimum Gasteiger partial charge on any atom is -0.481 e. The minimum absolute atomic E-state index is 0.0992. The minimum atomic E-state index is -0.791. The van der Waals surface area contributed by atoms with Crippen molar-refractivity contribution in [1.82, 2.24) is 4.90 Å². The highest BCUT2D eigenvalue weighted by molar-refractivity contribution is 7.98. The van der Waals surface area contributed by atoms with Gasteiger partial charge in [0.15, 0.2) is 0 Å². The molecular formula is C16H23NO3S. The van der Waals surface area contributed by atoms with E-state index in [0.29, 0.717) is 6.61 Å². The molecule has 4 nitrogen and oxygen atoms in total. The van der Waals surface area contributed by atoms with Gasteiger partial charge in [-0.05, 0) is 36.8 Å². The van der Waals surface area contributed by atoms with Gasteiger partial charge < -0.3 is 9.84 Å². The Labute approximate surface area is 130 Å². The number of hydrogen-bond donors (Lipinski definition) is 1. The summed E-state index contributed by atoms with van der Waals surface area (Å²) in [7, 11) is 0. The molecule has 1 aromatic rings. The third-order valence-corrected chi connectivity index (χ3v) is 4.51. The highest BCUT2D eigenvalue weighted by atomic mass is 32.2. The van der Waals surface area contributed by atoms with Crippen molar-refractivity contribution in [1.29, 1.82) is 0 Å². The second-order valence-electron chi connectivity index (χ2n) is 5.34. The van der Waals surface area contributed by atoms with Crippen molar-refractivity contribution >= 4 is 17.7 Å². The molecule has 0 amide bonds. The molecule has 116 valence electrons. The van der Waals surface area contributed by atoms with Gasteiger partial charge in [-0.15, -0.1) is 11.8 Å². The van der Waals surface area contributed by atoms with Crippen LogP contribution in [0.4, 0.5) is 0 Å². The predicted molar refractivity (Wildman–Crippen MR) is 84.7 cm³/mol. The van der Waals surface area contributed by atoms with Gasteiger partial charge in [-0.1, -0.05) is 12.1 Å². The Kier molecular flexibility index (Phi) is 6.54. The Bertz CT molecular complexity index is 441. The van der Waals surface area contributed by atoms with E-state index in [4.69, 9.17) is 9.84 Å². The summed E-state index contributed by atoms with van der Waals surface area (Å²) < 4.78 is 5.61. The highest BCUT2D eigenvalue weighted by Gasteiger charge is 2.19. The molecule has 0 radical (unpaired) electrons. The maximum absolute atomic E-state index is 10.5. The van der Waals surface area contributed by atoms with Crippen LogP contribution in [0.25, 0.3) is 0 Å². The van der Waals surface area contributed by atoms with Gasteiger partial charge in [0.2, 0.25) is 0 Å². The monoisotopic (exact) mass is 309 g/mol. The number of benzene rings is 1. The van der Waals surface area contributed by atoms with Crippen molar-refractivity contribution in [2.75, 3.05) is 26.0 Å². The summed E-state index contributed by atoms with van der Waals surface area (Å²) in [5.74, 6) is -0.791. The van der Waals surface area contributed by atoms with E-state index in [2.05, 4.69) is 35.4 Å². The number of nitrogens with zero attached hydrogens (tertiary/aromatic N) is 1. The van der Waals surface area contributed by atoms with Crippen LogP contribution in [0.15, 0.2) is 29.2 Å². The summed E-state index contributed by atoms with van der Waals surface area (Å²) >= 11 is 1.76. The fraction of sp³-hybridized carbons (Fsp3) is 0.562. The van der Waals surface area contributed by atoms with E-state index >= 15 is 0 Å². The van der Waals surface area contributed by atoms with Crippen molar-refractivity contribution in [3.63, 3.8) is 0 Å². The summed E-state index contributed by atoms with van der Waals surface area (Å²) in [5.41, 5.74) is 1.35. The molecule has 0 aliphatic carbocycles. The van der Waals surface area contributed by atoms with E-state index in [9.17, 15) is 4.79 Å². The number of ether oxygens (including phenoxy) is 1.